The molecule has 0 saturated carbocycles. The number of rotatable bonds is 8. The second-order valence-corrected chi connectivity index (χ2v) is 27.2. The van der Waals surface area contributed by atoms with Crippen LogP contribution in [0.4, 0.5) is 17.1 Å². The van der Waals surface area contributed by atoms with Crippen molar-refractivity contribution < 1.29 is 8.53 Å². The third-order valence-electron chi connectivity index (χ3n) is 18.8. The van der Waals surface area contributed by atoms with Crippen molar-refractivity contribution in [2.45, 2.75) is 167 Å². The maximum atomic E-state index is 8.87. The van der Waals surface area contributed by atoms with E-state index in [0.717, 1.165) is 86.9 Å². The van der Waals surface area contributed by atoms with Crippen molar-refractivity contribution in [3.8, 4) is 22.3 Å². The van der Waals surface area contributed by atoms with Crippen LogP contribution in [0, 0.1) is 0 Å². The minimum absolute atomic E-state index is 0.00306. The van der Waals surface area contributed by atoms with Crippen LogP contribution in [0.5, 0.6) is 0 Å². The normalized spacial score (nSPS) is 18.7. The second kappa shape index (κ2) is 17.4. The molecule has 0 amide bonds. The largest absolute Gasteiger partial charge is 0.456 e. The molecular formula is C74H79NO. The Kier molecular flexibility index (Phi) is 10.7. The lowest BCUT2D eigenvalue weighted by atomic mass is 9.62. The van der Waals surface area contributed by atoms with Gasteiger partial charge in [-0.2, -0.15) is 0 Å². The molecule has 8 aromatic carbocycles. The van der Waals surface area contributed by atoms with Gasteiger partial charge >= 0.3 is 0 Å². The summed E-state index contributed by atoms with van der Waals surface area (Å²) in [6.45, 7) is 28.6. The molecule has 0 fully saturated rings. The molecule has 386 valence electrons. The SMILES string of the molecule is [2H]C([2H])([2H])Cc1cc(C(c2ccc3c(c2)C(C)(C)CCC3(C)C)c2ccc3c(c2)oc2ccccc23)cc(N(c2ccc3c(c2)-c2ccccc2C3(C)C)c2ccc(C(C)(C)C)cc2-c2ccc3c(c2)C(C)(C)CCC3(C)C)c1. The van der Waals surface area contributed by atoms with E-state index in [1.54, 1.807) is 0 Å². The molecule has 9 aromatic rings. The Hall–Kier alpha value is -6.64. The van der Waals surface area contributed by atoms with Crippen molar-refractivity contribution in [2.24, 2.45) is 0 Å². The zero-order valence-electron chi connectivity index (χ0n) is 50.5. The third kappa shape index (κ3) is 8.19. The fourth-order valence-electron chi connectivity index (χ4n) is 13.8. The van der Waals surface area contributed by atoms with E-state index in [1.807, 2.05) is 12.1 Å². The fraction of sp³-hybridized carbons (Fsp3) is 0.351. The molecule has 2 nitrogen and oxygen atoms in total. The number of hydrogen-bond acceptors (Lipinski definition) is 2. The summed E-state index contributed by atoms with van der Waals surface area (Å²) in [5.41, 5.74) is 22.8. The van der Waals surface area contributed by atoms with Gasteiger partial charge in [0.1, 0.15) is 11.2 Å². The first-order chi connectivity index (χ1) is 37.1. The van der Waals surface area contributed by atoms with Gasteiger partial charge in [0.15, 0.2) is 0 Å². The highest BCUT2D eigenvalue weighted by molar-refractivity contribution is 6.05. The van der Waals surface area contributed by atoms with Gasteiger partial charge in [-0.1, -0.05) is 206 Å². The Balaban J connectivity index is 1.16. The van der Waals surface area contributed by atoms with E-state index >= 15 is 0 Å². The molecule has 1 unspecified atom stereocenters. The molecule has 3 aliphatic rings. The zero-order valence-corrected chi connectivity index (χ0v) is 47.5. The third-order valence-corrected chi connectivity index (χ3v) is 18.8. The minimum Gasteiger partial charge on any atom is -0.456 e. The Morgan fingerprint density at radius 2 is 1.08 bits per heavy atom. The molecule has 0 spiro atoms. The van der Waals surface area contributed by atoms with Crippen LogP contribution in [0.25, 0.3) is 44.2 Å². The Labute approximate surface area is 458 Å². The van der Waals surface area contributed by atoms with Crippen molar-refractivity contribution in [2.75, 3.05) is 4.90 Å². The van der Waals surface area contributed by atoms with Gasteiger partial charge in [-0.05, 0) is 186 Å². The van der Waals surface area contributed by atoms with Crippen molar-refractivity contribution in [1.82, 2.24) is 0 Å². The first kappa shape index (κ1) is 46.6. The van der Waals surface area contributed by atoms with Crippen molar-refractivity contribution in [1.29, 1.82) is 0 Å². The molecule has 0 bridgehead atoms. The number of aryl methyl sites for hydroxylation is 1. The summed E-state index contributed by atoms with van der Waals surface area (Å²) in [5, 5.41) is 2.17. The standard InChI is InChI=1S/C74H79NO/c1-15-46-38-50(68(48-26-31-62-64(42-48)73(11,12)37-35-71(62,7)8)49-24-29-56-55-21-17-19-23-66(55)76-67(56)43-49)40-53(39-46)75(52-28-32-60-58(45-52)54-20-16-18-22-59(54)74(60,13)14)65-33-27-51(69(2,3)4)44-57(65)47-25-30-61-63(41-47)72(9,10)36-34-70(61,5)6/h16-33,38-45,68H,15,34-37H2,1-14H3/i1D3. The predicted molar refractivity (Wildman–Crippen MR) is 324 cm³/mol. The predicted octanol–water partition coefficient (Wildman–Crippen LogP) is 20.8. The number of nitrogens with zero attached hydrogens (tertiary/aromatic N) is 1. The number of fused-ring (bicyclic) bond motifs is 8. The van der Waals surface area contributed by atoms with E-state index < -0.39 is 6.85 Å². The van der Waals surface area contributed by atoms with Gasteiger partial charge in [0, 0.05) is 43.2 Å². The maximum absolute atomic E-state index is 8.87. The van der Waals surface area contributed by atoms with Gasteiger partial charge in [-0.25, -0.2) is 0 Å². The summed E-state index contributed by atoms with van der Waals surface area (Å²) in [4.78, 5) is 2.45. The molecule has 12 rings (SSSR count). The smallest absolute Gasteiger partial charge is 0.135 e. The summed E-state index contributed by atoms with van der Waals surface area (Å²) in [5.74, 6) is -0.275. The highest BCUT2D eigenvalue weighted by Gasteiger charge is 2.40. The van der Waals surface area contributed by atoms with E-state index in [-0.39, 0.29) is 44.8 Å². The van der Waals surface area contributed by atoms with Gasteiger partial charge in [0.25, 0.3) is 0 Å². The number of furan rings is 1. The van der Waals surface area contributed by atoms with Crippen LogP contribution in [0.2, 0.25) is 0 Å². The van der Waals surface area contributed by atoms with Crippen LogP contribution in [-0.2, 0) is 38.9 Å². The molecule has 0 N–H and O–H groups in total. The molecule has 0 saturated heterocycles. The van der Waals surface area contributed by atoms with Gasteiger partial charge in [0.05, 0.1) is 5.69 Å². The fourth-order valence-corrected chi connectivity index (χ4v) is 13.8. The lowest BCUT2D eigenvalue weighted by Crippen LogP contribution is -2.34. The first-order valence-corrected chi connectivity index (χ1v) is 28.1. The van der Waals surface area contributed by atoms with Crippen molar-refractivity contribution in [3.05, 3.63) is 219 Å². The van der Waals surface area contributed by atoms with Crippen LogP contribution in [-0.4, -0.2) is 0 Å². The van der Waals surface area contributed by atoms with E-state index in [9.17, 15) is 0 Å². The zero-order chi connectivity index (χ0) is 56.0. The Bertz CT molecular complexity index is 3910. The van der Waals surface area contributed by atoms with Crippen molar-refractivity contribution >= 4 is 39.0 Å². The van der Waals surface area contributed by atoms with E-state index in [0.29, 0.717) is 0 Å². The minimum atomic E-state index is -2.23. The van der Waals surface area contributed by atoms with E-state index in [4.69, 9.17) is 8.53 Å². The van der Waals surface area contributed by atoms with E-state index in [1.165, 1.54) is 61.2 Å². The van der Waals surface area contributed by atoms with Crippen LogP contribution in [0.15, 0.2) is 162 Å². The highest BCUT2D eigenvalue weighted by Crippen LogP contribution is 2.54. The van der Waals surface area contributed by atoms with Crippen LogP contribution in [0.3, 0.4) is 0 Å². The summed E-state index contributed by atoms with van der Waals surface area (Å²) in [6.07, 6.45) is 4.40. The topological polar surface area (TPSA) is 16.4 Å². The van der Waals surface area contributed by atoms with Gasteiger partial charge in [-0.15, -0.1) is 0 Å². The molecule has 0 aliphatic heterocycles. The van der Waals surface area contributed by atoms with Gasteiger partial charge in [0.2, 0.25) is 0 Å². The average Bonchev–Trinajstić information content (AvgIpc) is 3.87. The molecule has 2 heteroatoms. The summed E-state index contributed by atoms with van der Waals surface area (Å²) in [7, 11) is 0. The Morgan fingerprint density at radius 1 is 0.474 bits per heavy atom. The number of anilines is 3. The Morgan fingerprint density at radius 3 is 1.80 bits per heavy atom. The van der Waals surface area contributed by atoms with Crippen LogP contribution >= 0.6 is 0 Å². The van der Waals surface area contributed by atoms with Crippen molar-refractivity contribution in [3.63, 3.8) is 0 Å². The van der Waals surface area contributed by atoms with Crippen LogP contribution < -0.4 is 4.90 Å². The molecule has 1 atom stereocenters. The molecule has 3 aliphatic carbocycles. The summed E-state index contributed by atoms with van der Waals surface area (Å²) >= 11 is 0. The molecule has 76 heavy (non-hydrogen) atoms. The molecular weight excluding hydrogens is 919 g/mol. The second-order valence-electron chi connectivity index (χ2n) is 27.2. The number of hydrogen-bond donors (Lipinski definition) is 0. The average molecular weight is 1000 g/mol. The lowest BCUT2D eigenvalue weighted by molar-refractivity contribution is 0.331. The maximum Gasteiger partial charge on any atom is 0.135 e. The van der Waals surface area contributed by atoms with E-state index in [2.05, 4.69) is 241 Å². The quantitative estimate of drug-likeness (QED) is 0.141. The van der Waals surface area contributed by atoms with Gasteiger partial charge < -0.3 is 9.32 Å². The monoisotopic (exact) mass is 1000 g/mol. The lowest BCUT2D eigenvalue weighted by Gasteiger charge is -2.42. The van der Waals surface area contributed by atoms with Crippen LogP contribution in [0.1, 0.15) is 194 Å². The van der Waals surface area contributed by atoms with Gasteiger partial charge in [-0.3, -0.25) is 0 Å². The molecule has 0 radical (unpaired) electrons. The number of benzene rings is 8. The first-order valence-electron chi connectivity index (χ1n) is 29.6. The summed E-state index contributed by atoms with van der Waals surface area (Å²) < 4.78 is 33.3. The molecule has 1 aromatic heterocycles. The number of para-hydroxylation sites is 1. The molecule has 1 heterocycles. The summed E-state index contributed by atoms with van der Waals surface area (Å²) in [6, 6.07) is 59.3. The highest BCUT2D eigenvalue weighted by atomic mass is 16.3.